The Morgan fingerprint density at radius 1 is 0.323 bits per heavy atom. The van der Waals surface area contributed by atoms with E-state index in [1.807, 2.05) is 0 Å². The second kappa shape index (κ2) is 21.8. The summed E-state index contributed by atoms with van der Waals surface area (Å²) in [5.41, 5.74) is 0. The summed E-state index contributed by atoms with van der Waals surface area (Å²) in [4.78, 5) is 0. The van der Waals surface area contributed by atoms with E-state index in [0.29, 0.717) is 0 Å². The molecule has 0 radical (unpaired) electrons. The summed E-state index contributed by atoms with van der Waals surface area (Å²) >= 11 is 0. The second-order valence-corrected chi connectivity index (χ2v) is 9.95. The molecule has 3 aliphatic carbocycles. The monoisotopic (exact) mass is 445 g/mol. The van der Waals surface area contributed by atoms with Crippen LogP contribution in [0.3, 0.4) is 0 Å². The largest absolute Gasteiger partial charge is 0.0776 e. The summed E-state index contributed by atoms with van der Waals surface area (Å²) in [7, 11) is 0. The Morgan fingerprint density at radius 3 is 0.645 bits per heavy atom. The van der Waals surface area contributed by atoms with Gasteiger partial charge in [0.2, 0.25) is 0 Å². The van der Waals surface area contributed by atoms with E-state index in [0.717, 1.165) is 35.5 Å². The Labute approximate surface area is 204 Å². The smallest absolute Gasteiger partial charge is 0.0411 e. The van der Waals surface area contributed by atoms with Crippen molar-refractivity contribution in [2.75, 3.05) is 0 Å². The van der Waals surface area contributed by atoms with Gasteiger partial charge in [-0.2, -0.15) is 0 Å². The highest BCUT2D eigenvalue weighted by atomic mass is 14.3. The van der Waals surface area contributed by atoms with E-state index in [2.05, 4.69) is 13.8 Å². The van der Waals surface area contributed by atoms with E-state index in [1.165, 1.54) is 38.5 Å². The lowest BCUT2D eigenvalue weighted by Gasteiger charge is -2.36. The third-order valence-corrected chi connectivity index (χ3v) is 8.39. The van der Waals surface area contributed by atoms with Gasteiger partial charge in [0.1, 0.15) is 0 Å². The van der Waals surface area contributed by atoms with Crippen LogP contribution < -0.4 is 0 Å². The van der Waals surface area contributed by atoms with Crippen LogP contribution in [0.2, 0.25) is 0 Å². The molecular weight excluding hydrogens is 372 g/mol. The first kappa shape index (κ1) is 41.3. The van der Waals surface area contributed by atoms with Gasteiger partial charge in [-0.25, -0.2) is 0 Å². The van der Waals surface area contributed by atoms with Crippen molar-refractivity contribution in [2.45, 2.75) is 169 Å². The minimum atomic E-state index is 0. The van der Waals surface area contributed by atoms with Gasteiger partial charge in [0, 0.05) is 0 Å². The van der Waals surface area contributed by atoms with E-state index in [9.17, 15) is 0 Å². The van der Waals surface area contributed by atoms with Crippen molar-refractivity contribution in [3.8, 4) is 0 Å². The normalized spacial score (nSPS) is 31.9. The lowest BCUT2D eigenvalue weighted by Crippen LogP contribution is -2.23. The quantitative estimate of drug-likeness (QED) is 0.382. The highest BCUT2D eigenvalue weighted by molar-refractivity contribution is 4.81. The summed E-state index contributed by atoms with van der Waals surface area (Å²) in [6.45, 7) is 4.78. The van der Waals surface area contributed by atoms with Gasteiger partial charge in [0.25, 0.3) is 0 Å². The first-order chi connectivity index (χ1) is 11.8. The Morgan fingerprint density at radius 2 is 0.484 bits per heavy atom. The third-order valence-electron chi connectivity index (χ3n) is 8.39. The molecular formula is C31H72. The van der Waals surface area contributed by atoms with Crippen LogP contribution in [0.25, 0.3) is 0 Å². The van der Waals surface area contributed by atoms with Crippen LogP contribution in [-0.2, 0) is 0 Å². The van der Waals surface area contributed by atoms with Crippen molar-refractivity contribution < 1.29 is 0 Å². The summed E-state index contributed by atoms with van der Waals surface area (Å²) in [5, 5.41) is 0. The Bertz CT molecular complexity index is 288. The molecule has 0 saturated heterocycles. The Balaban J connectivity index is -0.000000322. The van der Waals surface area contributed by atoms with Gasteiger partial charge in [-0.05, 0) is 48.3 Å². The molecule has 0 unspecified atom stereocenters. The highest BCUT2D eigenvalue weighted by Crippen LogP contribution is 2.42. The number of hydrogen-bond acceptors (Lipinski definition) is 0. The zero-order chi connectivity index (χ0) is 16.8. The fraction of sp³-hybridized carbons (Fsp3) is 1.00. The molecule has 0 spiro atoms. The predicted octanol–water partition coefficient (Wildman–Crippen LogP) is 12.5. The second-order valence-electron chi connectivity index (χ2n) is 9.95. The first-order valence-electron chi connectivity index (χ1n) is 11.8. The summed E-state index contributed by atoms with van der Waals surface area (Å²) < 4.78 is 0. The van der Waals surface area contributed by atoms with Crippen LogP contribution in [0.1, 0.15) is 169 Å². The first-order valence-corrected chi connectivity index (χ1v) is 11.8. The summed E-state index contributed by atoms with van der Waals surface area (Å²) in [5.74, 6) is 6.53. The molecule has 31 heavy (non-hydrogen) atoms. The molecule has 0 aromatic rings. The van der Waals surface area contributed by atoms with Crippen LogP contribution in [0, 0.1) is 35.5 Å². The van der Waals surface area contributed by atoms with Gasteiger partial charge in [0.05, 0.1) is 0 Å². The van der Waals surface area contributed by atoms with Crippen molar-refractivity contribution in [1.82, 2.24) is 0 Å². The maximum atomic E-state index is 2.39. The fourth-order valence-electron chi connectivity index (χ4n) is 6.40. The van der Waals surface area contributed by atoms with Gasteiger partial charge in [0.15, 0.2) is 0 Å². The van der Waals surface area contributed by atoms with E-state index in [4.69, 9.17) is 0 Å². The molecule has 0 bridgehead atoms. The van der Waals surface area contributed by atoms with Crippen molar-refractivity contribution in [2.24, 2.45) is 35.5 Å². The van der Waals surface area contributed by atoms with Gasteiger partial charge < -0.3 is 0 Å². The fourth-order valence-corrected chi connectivity index (χ4v) is 6.40. The van der Waals surface area contributed by atoms with Gasteiger partial charge in [-0.15, -0.1) is 0 Å². The molecule has 0 aromatic heterocycles. The average Bonchev–Trinajstić information content (AvgIpc) is 2.65. The van der Waals surface area contributed by atoms with Crippen LogP contribution in [-0.4, -0.2) is 0 Å². The number of hydrogen-bond donors (Lipinski definition) is 0. The molecule has 0 N–H and O–H groups in total. The van der Waals surface area contributed by atoms with Crippen LogP contribution in [0.4, 0.5) is 0 Å². The molecule has 0 aliphatic heterocycles. The van der Waals surface area contributed by atoms with Gasteiger partial charge in [-0.1, -0.05) is 156 Å². The lowest BCUT2D eigenvalue weighted by atomic mass is 9.70. The maximum absolute atomic E-state index is 2.39. The minimum absolute atomic E-state index is 0. The van der Waals surface area contributed by atoms with E-state index in [1.54, 1.807) is 64.2 Å². The minimum Gasteiger partial charge on any atom is -0.0776 e. The van der Waals surface area contributed by atoms with Crippen molar-refractivity contribution in [3.63, 3.8) is 0 Å². The highest BCUT2D eigenvalue weighted by Gasteiger charge is 2.28. The molecule has 3 saturated carbocycles. The molecule has 0 aromatic carbocycles. The molecule has 0 heterocycles. The number of rotatable bonds is 6. The lowest BCUT2D eigenvalue weighted by molar-refractivity contribution is 0.163. The van der Waals surface area contributed by atoms with Crippen molar-refractivity contribution in [3.05, 3.63) is 0 Å². The van der Waals surface area contributed by atoms with Crippen LogP contribution in [0.15, 0.2) is 0 Å². The van der Waals surface area contributed by atoms with Crippen LogP contribution >= 0.6 is 0 Å². The SMILES string of the molecule is C.C.C.C.C.C.C.CCC1CCC(CC2CCC(CC3CCC(CC)CC3)CC2)CC1. The molecule has 0 amide bonds. The van der Waals surface area contributed by atoms with E-state index < -0.39 is 0 Å². The third kappa shape index (κ3) is 13.3. The van der Waals surface area contributed by atoms with Crippen molar-refractivity contribution in [1.29, 1.82) is 0 Å². The Kier molecular flexibility index (Phi) is 29.1. The summed E-state index contributed by atoms with van der Waals surface area (Å²) in [6, 6.07) is 0. The topological polar surface area (TPSA) is 0 Å². The van der Waals surface area contributed by atoms with E-state index in [-0.39, 0.29) is 52.0 Å². The zero-order valence-corrected chi connectivity index (χ0v) is 16.8. The maximum Gasteiger partial charge on any atom is -0.0411 e. The van der Waals surface area contributed by atoms with Gasteiger partial charge in [-0.3, -0.25) is 0 Å². The molecule has 0 heteroatoms. The molecule has 0 atom stereocenters. The average molecular weight is 445 g/mol. The molecule has 3 fully saturated rings. The zero-order valence-electron chi connectivity index (χ0n) is 16.8. The van der Waals surface area contributed by atoms with Crippen molar-refractivity contribution >= 4 is 0 Å². The molecule has 0 nitrogen and oxygen atoms in total. The molecule has 196 valence electrons. The van der Waals surface area contributed by atoms with Gasteiger partial charge >= 0.3 is 0 Å². The molecule has 3 aliphatic rings. The van der Waals surface area contributed by atoms with E-state index >= 15 is 0 Å². The Hall–Kier alpha value is 0. The predicted molar refractivity (Wildman–Crippen MR) is 153 cm³/mol. The van der Waals surface area contributed by atoms with Crippen LogP contribution in [0.5, 0.6) is 0 Å². The summed E-state index contributed by atoms with van der Waals surface area (Å²) in [6.07, 6.45) is 24.7. The molecule has 3 rings (SSSR count). The standard InChI is InChI=1S/C24H44.7CH4/c1-3-19-5-9-21(10-6-19)17-23-13-15-24(16-14-23)18-22-11-7-20(4-2)8-12-22;;;;;;;/h19-24H,3-18H2,1-2H3;7*1H4.